The Labute approximate surface area is 138 Å². The molecule has 1 atom stereocenters. The van der Waals surface area contributed by atoms with E-state index >= 15 is 0 Å². The third kappa shape index (κ3) is 3.34. The summed E-state index contributed by atoms with van der Waals surface area (Å²) in [5.41, 5.74) is 0.226. The molecule has 1 aromatic carbocycles. The minimum Gasteiger partial charge on any atom is -0.489 e. The molecular formula is C16H19IO4. The van der Waals surface area contributed by atoms with Gasteiger partial charge < -0.3 is 14.6 Å². The Hall–Kier alpha value is -0.820. The van der Waals surface area contributed by atoms with Gasteiger partial charge in [0.05, 0.1) is 12.2 Å². The molecule has 0 amide bonds. The fourth-order valence-electron chi connectivity index (χ4n) is 3.40. The number of carboxylic acid groups (broad SMARTS) is 1. The molecule has 4 nitrogen and oxygen atoms in total. The minimum absolute atomic E-state index is 0.0183. The molecule has 1 saturated heterocycles. The second kappa shape index (κ2) is 6.12. The number of carbonyl (C=O) groups is 1. The Morgan fingerprint density at radius 2 is 2.14 bits per heavy atom. The first-order valence-corrected chi connectivity index (χ1v) is 8.49. The van der Waals surface area contributed by atoms with Crippen molar-refractivity contribution in [3.63, 3.8) is 0 Å². The first-order valence-electron chi connectivity index (χ1n) is 7.41. The number of carboxylic acids is 1. The van der Waals surface area contributed by atoms with Crippen LogP contribution in [0.3, 0.4) is 0 Å². The summed E-state index contributed by atoms with van der Waals surface area (Å²) >= 11 is 2.11. The van der Waals surface area contributed by atoms with E-state index in [4.69, 9.17) is 9.47 Å². The normalized spacial score (nSPS) is 24.1. The van der Waals surface area contributed by atoms with Gasteiger partial charge in [-0.3, -0.25) is 0 Å². The Morgan fingerprint density at radius 1 is 1.38 bits per heavy atom. The fraction of sp³-hybridized carbons (Fsp3) is 0.562. The zero-order chi connectivity index (χ0) is 14.9. The second-order valence-corrected chi connectivity index (χ2v) is 7.16. The van der Waals surface area contributed by atoms with E-state index in [0.29, 0.717) is 12.4 Å². The molecule has 2 fully saturated rings. The zero-order valence-corrected chi connectivity index (χ0v) is 14.0. The molecule has 0 bridgehead atoms. The molecule has 2 aliphatic rings. The highest BCUT2D eigenvalue weighted by Gasteiger charge is 2.40. The van der Waals surface area contributed by atoms with Crippen molar-refractivity contribution in [2.24, 2.45) is 0 Å². The summed E-state index contributed by atoms with van der Waals surface area (Å²) in [4.78, 5) is 11.4. The van der Waals surface area contributed by atoms with E-state index in [9.17, 15) is 9.90 Å². The maximum Gasteiger partial charge on any atom is 0.339 e. The van der Waals surface area contributed by atoms with Crippen LogP contribution in [0.25, 0.3) is 0 Å². The van der Waals surface area contributed by atoms with Gasteiger partial charge in [0.1, 0.15) is 17.4 Å². The van der Waals surface area contributed by atoms with Crippen molar-refractivity contribution in [2.75, 3.05) is 6.61 Å². The van der Waals surface area contributed by atoms with Crippen molar-refractivity contribution in [3.05, 3.63) is 27.3 Å². The van der Waals surface area contributed by atoms with Gasteiger partial charge in [0.2, 0.25) is 0 Å². The molecular weight excluding hydrogens is 383 g/mol. The van der Waals surface area contributed by atoms with Gasteiger partial charge in [-0.15, -0.1) is 0 Å². The molecule has 1 aromatic rings. The van der Waals surface area contributed by atoms with E-state index < -0.39 is 5.97 Å². The monoisotopic (exact) mass is 402 g/mol. The van der Waals surface area contributed by atoms with Gasteiger partial charge in [-0.2, -0.15) is 0 Å². The Balaban J connectivity index is 1.75. The quantitative estimate of drug-likeness (QED) is 0.781. The molecule has 1 unspecified atom stereocenters. The molecule has 1 saturated carbocycles. The largest absolute Gasteiger partial charge is 0.489 e. The lowest BCUT2D eigenvalue weighted by Gasteiger charge is -2.38. The lowest BCUT2D eigenvalue weighted by Crippen LogP contribution is -2.41. The summed E-state index contributed by atoms with van der Waals surface area (Å²) in [6.07, 6.45) is 6.39. The highest BCUT2D eigenvalue weighted by molar-refractivity contribution is 14.1. The first-order chi connectivity index (χ1) is 10.1. The summed E-state index contributed by atoms with van der Waals surface area (Å²) < 4.78 is 12.9. The maximum absolute atomic E-state index is 11.4. The topological polar surface area (TPSA) is 55.8 Å². The predicted octanol–water partition coefficient (Wildman–Crippen LogP) is 3.86. The number of hydrogen-bond acceptors (Lipinski definition) is 3. The number of ether oxygens (including phenoxy) is 2. The van der Waals surface area contributed by atoms with Crippen LogP contribution in [0.2, 0.25) is 0 Å². The molecule has 21 heavy (non-hydrogen) atoms. The number of hydrogen-bond donors (Lipinski definition) is 1. The standard InChI is InChI=1S/C16H19IO4/c17-11-3-4-14(13(9-11)15(18)19)21-12-5-8-20-16(10-12)6-1-2-7-16/h3-4,9,12H,1-2,5-8,10H2,(H,18,19). The SMILES string of the molecule is O=C(O)c1cc(I)ccc1OC1CCOC2(CCCC2)C1. The van der Waals surface area contributed by atoms with Crippen LogP contribution in [0, 0.1) is 3.57 Å². The van der Waals surface area contributed by atoms with E-state index in [1.807, 2.05) is 6.07 Å². The van der Waals surface area contributed by atoms with E-state index in [1.165, 1.54) is 12.8 Å². The average Bonchev–Trinajstić information content (AvgIpc) is 2.88. The predicted molar refractivity (Wildman–Crippen MR) is 86.9 cm³/mol. The van der Waals surface area contributed by atoms with Crippen LogP contribution in [-0.4, -0.2) is 29.4 Å². The number of rotatable bonds is 3. The molecule has 3 rings (SSSR count). The molecule has 1 N–H and O–H groups in total. The molecule has 1 aliphatic carbocycles. The lowest BCUT2D eigenvalue weighted by atomic mass is 9.90. The van der Waals surface area contributed by atoms with Crippen molar-refractivity contribution in [3.8, 4) is 5.75 Å². The Bertz CT molecular complexity index is 537. The van der Waals surface area contributed by atoms with Crippen LogP contribution in [-0.2, 0) is 4.74 Å². The van der Waals surface area contributed by atoms with Gasteiger partial charge in [0.15, 0.2) is 0 Å². The van der Waals surface area contributed by atoms with E-state index in [2.05, 4.69) is 22.6 Å². The summed E-state index contributed by atoms with van der Waals surface area (Å²) in [5.74, 6) is -0.464. The number of aromatic carboxylic acids is 1. The maximum atomic E-state index is 11.4. The van der Waals surface area contributed by atoms with Crippen molar-refractivity contribution in [2.45, 2.75) is 50.2 Å². The van der Waals surface area contributed by atoms with Gasteiger partial charge in [0, 0.05) is 16.4 Å². The van der Waals surface area contributed by atoms with Crippen LogP contribution >= 0.6 is 22.6 Å². The van der Waals surface area contributed by atoms with Crippen LogP contribution in [0.5, 0.6) is 5.75 Å². The second-order valence-electron chi connectivity index (χ2n) is 5.92. The third-order valence-corrected chi connectivity index (χ3v) is 5.10. The summed E-state index contributed by atoms with van der Waals surface area (Å²) in [6, 6.07) is 5.30. The zero-order valence-electron chi connectivity index (χ0n) is 11.8. The van der Waals surface area contributed by atoms with Crippen molar-refractivity contribution < 1.29 is 19.4 Å². The van der Waals surface area contributed by atoms with Gasteiger partial charge in [-0.25, -0.2) is 4.79 Å². The van der Waals surface area contributed by atoms with Crippen molar-refractivity contribution in [1.82, 2.24) is 0 Å². The van der Waals surface area contributed by atoms with Crippen LogP contribution < -0.4 is 4.74 Å². The van der Waals surface area contributed by atoms with Crippen molar-refractivity contribution >= 4 is 28.6 Å². The highest BCUT2D eigenvalue weighted by atomic mass is 127. The molecule has 114 valence electrons. The first kappa shape index (κ1) is 15.1. The summed E-state index contributed by atoms with van der Waals surface area (Å²) in [6.45, 7) is 0.706. The highest BCUT2D eigenvalue weighted by Crippen LogP contribution is 2.41. The van der Waals surface area contributed by atoms with Gasteiger partial charge in [-0.05, 0) is 53.6 Å². The van der Waals surface area contributed by atoms with Crippen LogP contribution in [0.1, 0.15) is 48.9 Å². The Kier molecular flexibility index (Phi) is 4.40. The molecule has 1 spiro atoms. The molecule has 5 heteroatoms. The minimum atomic E-state index is -0.939. The Morgan fingerprint density at radius 3 is 2.86 bits per heavy atom. The van der Waals surface area contributed by atoms with E-state index in [-0.39, 0.29) is 17.3 Å². The molecule has 0 radical (unpaired) electrons. The summed E-state index contributed by atoms with van der Waals surface area (Å²) in [5, 5.41) is 9.32. The molecule has 1 aliphatic heterocycles. The van der Waals surface area contributed by atoms with Crippen LogP contribution in [0.15, 0.2) is 18.2 Å². The molecule has 1 heterocycles. The molecule has 0 aromatic heterocycles. The third-order valence-electron chi connectivity index (χ3n) is 4.43. The van der Waals surface area contributed by atoms with Gasteiger partial charge >= 0.3 is 5.97 Å². The van der Waals surface area contributed by atoms with Crippen LogP contribution in [0.4, 0.5) is 0 Å². The fourth-order valence-corrected chi connectivity index (χ4v) is 3.89. The number of halogens is 1. The summed E-state index contributed by atoms with van der Waals surface area (Å²) in [7, 11) is 0. The van der Waals surface area contributed by atoms with Crippen molar-refractivity contribution in [1.29, 1.82) is 0 Å². The van der Waals surface area contributed by atoms with E-state index in [1.54, 1.807) is 12.1 Å². The average molecular weight is 402 g/mol. The number of benzene rings is 1. The van der Waals surface area contributed by atoms with E-state index in [0.717, 1.165) is 29.3 Å². The van der Waals surface area contributed by atoms with Gasteiger partial charge in [-0.1, -0.05) is 12.8 Å². The van der Waals surface area contributed by atoms with Gasteiger partial charge in [0.25, 0.3) is 0 Å². The smallest absolute Gasteiger partial charge is 0.339 e. The lowest BCUT2D eigenvalue weighted by molar-refractivity contribution is -0.108.